The molecule has 2 aromatic carbocycles. The molecule has 0 unspecified atom stereocenters. The number of hydrogen-bond acceptors (Lipinski definition) is 4. The molecule has 0 radical (unpaired) electrons. The molecule has 0 aliphatic carbocycles. The summed E-state index contributed by atoms with van der Waals surface area (Å²) in [7, 11) is 0. The number of anilines is 2. The van der Waals surface area contributed by atoms with Crippen molar-refractivity contribution in [3.8, 4) is 11.3 Å². The van der Waals surface area contributed by atoms with Crippen molar-refractivity contribution in [2.75, 3.05) is 17.2 Å². The van der Waals surface area contributed by atoms with E-state index in [9.17, 15) is 9.18 Å². The number of imidazole rings is 1. The number of nitrogens with zero attached hydrogens (tertiary/aromatic N) is 3. The number of amides is 1. The second-order valence-corrected chi connectivity index (χ2v) is 6.66. The zero-order chi connectivity index (χ0) is 20.2. The number of rotatable bonds is 6. The summed E-state index contributed by atoms with van der Waals surface area (Å²) < 4.78 is 15.2. The van der Waals surface area contributed by atoms with Gasteiger partial charge in [-0.25, -0.2) is 9.37 Å². The Labute approximate surface area is 167 Å². The van der Waals surface area contributed by atoms with Crippen LogP contribution in [0.25, 0.3) is 16.9 Å². The van der Waals surface area contributed by atoms with E-state index in [-0.39, 0.29) is 18.1 Å². The molecule has 0 saturated heterocycles. The van der Waals surface area contributed by atoms with Crippen LogP contribution in [0.2, 0.25) is 0 Å². The van der Waals surface area contributed by atoms with E-state index in [2.05, 4.69) is 20.6 Å². The molecule has 0 spiro atoms. The molecular formula is C22H20FN5O. The topological polar surface area (TPSA) is 71.3 Å². The van der Waals surface area contributed by atoms with Crippen LogP contribution in [0, 0.1) is 12.7 Å². The van der Waals surface area contributed by atoms with Crippen molar-refractivity contribution in [2.24, 2.45) is 0 Å². The number of benzene rings is 2. The third-order valence-corrected chi connectivity index (χ3v) is 4.61. The van der Waals surface area contributed by atoms with Crippen LogP contribution in [0.5, 0.6) is 0 Å². The van der Waals surface area contributed by atoms with Gasteiger partial charge in [-0.15, -0.1) is 0 Å². The Kier molecular flexibility index (Phi) is 5.20. The number of nitrogens with one attached hydrogen (secondary N) is 2. The van der Waals surface area contributed by atoms with Crippen LogP contribution in [-0.2, 0) is 4.79 Å². The molecule has 0 aliphatic heterocycles. The predicted octanol–water partition coefficient (Wildman–Crippen LogP) is 4.28. The van der Waals surface area contributed by atoms with Crippen molar-refractivity contribution < 1.29 is 9.18 Å². The number of para-hydroxylation sites is 1. The van der Waals surface area contributed by atoms with Crippen LogP contribution in [0.15, 0.2) is 67.1 Å². The van der Waals surface area contributed by atoms with Crippen molar-refractivity contribution in [1.82, 2.24) is 14.4 Å². The monoisotopic (exact) mass is 389 g/mol. The normalized spacial score (nSPS) is 10.8. The highest BCUT2D eigenvalue weighted by Gasteiger charge is 2.14. The first kappa shape index (κ1) is 18.6. The molecule has 1 amide bonds. The van der Waals surface area contributed by atoms with Crippen molar-refractivity contribution in [2.45, 2.75) is 13.3 Å². The van der Waals surface area contributed by atoms with E-state index in [1.807, 2.05) is 35.6 Å². The highest BCUT2D eigenvalue weighted by atomic mass is 19.1. The lowest BCUT2D eigenvalue weighted by molar-refractivity contribution is -0.115. The third-order valence-electron chi connectivity index (χ3n) is 4.61. The number of carbonyl (C=O) groups excluding carboxylic acids is 1. The Bertz CT molecular complexity index is 1150. The van der Waals surface area contributed by atoms with E-state index < -0.39 is 0 Å². The fourth-order valence-electron chi connectivity index (χ4n) is 3.11. The summed E-state index contributed by atoms with van der Waals surface area (Å²) in [4.78, 5) is 21.0. The summed E-state index contributed by atoms with van der Waals surface area (Å²) in [6.07, 6.45) is 5.41. The minimum Gasteiger partial charge on any atom is -0.369 e. The average molecular weight is 389 g/mol. The summed E-state index contributed by atoms with van der Waals surface area (Å²) in [6.45, 7) is 2.37. The molecule has 2 N–H and O–H groups in total. The van der Waals surface area contributed by atoms with Gasteiger partial charge < -0.3 is 10.6 Å². The molecule has 4 rings (SSSR count). The van der Waals surface area contributed by atoms with Crippen LogP contribution in [0.3, 0.4) is 0 Å². The van der Waals surface area contributed by atoms with E-state index in [1.54, 1.807) is 30.7 Å². The van der Waals surface area contributed by atoms with E-state index in [4.69, 9.17) is 0 Å². The lowest BCUT2D eigenvalue weighted by Gasteiger charge is -2.10. The summed E-state index contributed by atoms with van der Waals surface area (Å²) in [5.74, 6) is 0.352. The Hall–Kier alpha value is -3.74. The molecule has 6 nitrogen and oxygen atoms in total. The highest BCUT2D eigenvalue weighted by Crippen LogP contribution is 2.28. The fraction of sp³-hybridized carbons (Fsp3) is 0.136. The van der Waals surface area contributed by atoms with Gasteiger partial charge in [0.1, 0.15) is 17.3 Å². The van der Waals surface area contributed by atoms with E-state index in [1.165, 1.54) is 12.1 Å². The molecule has 29 heavy (non-hydrogen) atoms. The number of fused-ring (bicyclic) bond motifs is 1. The lowest BCUT2D eigenvalue weighted by Crippen LogP contribution is -2.17. The van der Waals surface area contributed by atoms with Crippen LogP contribution in [0.1, 0.15) is 12.0 Å². The van der Waals surface area contributed by atoms with Crippen LogP contribution >= 0.6 is 0 Å². The average Bonchev–Trinajstić information content (AvgIpc) is 3.09. The van der Waals surface area contributed by atoms with E-state index in [0.29, 0.717) is 17.9 Å². The first-order chi connectivity index (χ1) is 14.1. The number of aryl methyl sites for hydroxylation is 1. The summed E-state index contributed by atoms with van der Waals surface area (Å²) in [5, 5.41) is 6.23. The van der Waals surface area contributed by atoms with Gasteiger partial charge in [0.2, 0.25) is 5.91 Å². The maximum absolute atomic E-state index is 13.3. The second kappa shape index (κ2) is 8.10. The van der Waals surface area contributed by atoms with Gasteiger partial charge in [0, 0.05) is 36.6 Å². The van der Waals surface area contributed by atoms with Gasteiger partial charge in [-0.2, -0.15) is 0 Å². The Morgan fingerprint density at radius 3 is 2.72 bits per heavy atom. The number of carbonyl (C=O) groups is 1. The van der Waals surface area contributed by atoms with Gasteiger partial charge in [0.15, 0.2) is 5.65 Å². The molecule has 2 aromatic heterocycles. The van der Waals surface area contributed by atoms with Gasteiger partial charge in [-0.3, -0.25) is 14.2 Å². The molecule has 7 heteroatoms. The molecule has 0 aliphatic rings. The first-order valence-corrected chi connectivity index (χ1v) is 9.29. The van der Waals surface area contributed by atoms with Crippen LogP contribution < -0.4 is 10.6 Å². The minimum atomic E-state index is -0.304. The smallest absolute Gasteiger partial charge is 0.226 e. The van der Waals surface area contributed by atoms with Crippen molar-refractivity contribution >= 4 is 23.1 Å². The summed E-state index contributed by atoms with van der Waals surface area (Å²) >= 11 is 0. The quantitative estimate of drug-likeness (QED) is 0.516. The third kappa shape index (κ3) is 4.08. The predicted molar refractivity (Wildman–Crippen MR) is 111 cm³/mol. The Morgan fingerprint density at radius 2 is 1.93 bits per heavy atom. The van der Waals surface area contributed by atoms with Crippen molar-refractivity contribution in [3.63, 3.8) is 0 Å². The van der Waals surface area contributed by atoms with Crippen LogP contribution in [-0.4, -0.2) is 26.8 Å². The molecule has 0 fully saturated rings. The fourth-order valence-corrected chi connectivity index (χ4v) is 3.11. The second-order valence-electron chi connectivity index (χ2n) is 6.66. The maximum Gasteiger partial charge on any atom is 0.226 e. The van der Waals surface area contributed by atoms with E-state index >= 15 is 0 Å². The molecule has 0 bridgehead atoms. The number of hydrogen-bond donors (Lipinski definition) is 2. The summed E-state index contributed by atoms with van der Waals surface area (Å²) in [6, 6.07) is 13.8. The molecule has 2 heterocycles. The molecule has 0 atom stereocenters. The number of aromatic nitrogens is 3. The van der Waals surface area contributed by atoms with Crippen LogP contribution in [0.4, 0.5) is 15.9 Å². The summed E-state index contributed by atoms with van der Waals surface area (Å²) in [5.41, 5.74) is 3.95. The zero-order valence-corrected chi connectivity index (χ0v) is 15.9. The molecule has 0 saturated carbocycles. The minimum absolute atomic E-state index is 0.0781. The largest absolute Gasteiger partial charge is 0.369 e. The van der Waals surface area contributed by atoms with E-state index in [0.717, 1.165) is 22.6 Å². The highest BCUT2D eigenvalue weighted by molar-refractivity contribution is 5.91. The molecule has 146 valence electrons. The Balaban J connectivity index is 1.51. The Morgan fingerprint density at radius 1 is 1.14 bits per heavy atom. The standard InChI is InChI=1S/C22H20FN5O/c1-15-4-2-3-5-18(15)26-20(29)10-11-25-22-21(16-6-8-17(23)9-7-16)27-19-14-24-12-13-28(19)22/h2-9,12-14,25H,10-11H2,1H3,(H,26,29). The first-order valence-electron chi connectivity index (χ1n) is 9.29. The SMILES string of the molecule is Cc1ccccc1NC(=O)CCNc1c(-c2ccc(F)cc2)nc2cnccn12. The maximum atomic E-state index is 13.3. The van der Waals surface area contributed by atoms with Gasteiger partial charge in [0.05, 0.1) is 6.20 Å². The van der Waals surface area contributed by atoms with Gasteiger partial charge in [0.25, 0.3) is 0 Å². The molecular weight excluding hydrogens is 369 g/mol. The van der Waals surface area contributed by atoms with Gasteiger partial charge >= 0.3 is 0 Å². The van der Waals surface area contributed by atoms with Crippen molar-refractivity contribution in [1.29, 1.82) is 0 Å². The number of halogens is 1. The van der Waals surface area contributed by atoms with Gasteiger partial charge in [-0.1, -0.05) is 18.2 Å². The van der Waals surface area contributed by atoms with Gasteiger partial charge in [-0.05, 0) is 42.8 Å². The molecule has 4 aromatic rings. The lowest BCUT2D eigenvalue weighted by atomic mass is 10.1. The van der Waals surface area contributed by atoms with Crippen molar-refractivity contribution in [3.05, 3.63) is 78.5 Å². The zero-order valence-electron chi connectivity index (χ0n) is 15.9.